The third kappa shape index (κ3) is 5.85. The quantitative estimate of drug-likeness (QED) is 0.446. The molecule has 0 unspecified atom stereocenters. The molecule has 8 heteroatoms. The first-order valence-corrected chi connectivity index (χ1v) is 12.9. The van der Waals surface area contributed by atoms with Crippen LogP contribution in [0.4, 0.5) is 0 Å². The molecule has 8 nitrogen and oxygen atoms in total. The second kappa shape index (κ2) is 11.3. The molecule has 1 saturated heterocycles. The SMILES string of the molecule is O=C(O)CCCCc1nc2cc(C(=O)N3CCC(c4ccccc4)CC3)ccc2nc1C1=CNC=NC1. The van der Waals surface area contributed by atoms with Gasteiger partial charge in [-0.25, -0.2) is 9.97 Å². The van der Waals surface area contributed by atoms with Crippen molar-refractivity contribution in [3.05, 3.63) is 77.2 Å². The molecule has 37 heavy (non-hydrogen) atoms. The van der Waals surface area contributed by atoms with Gasteiger partial charge in [0.15, 0.2) is 0 Å². The first kappa shape index (κ1) is 24.6. The number of aliphatic carboxylic acids is 1. The van der Waals surface area contributed by atoms with Crippen LogP contribution in [0.3, 0.4) is 0 Å². The molecule has 2 aliphatic rings. The Morgan fingerprint density at radius 1 is 1.00 bits per heavy atom. The molecule has 0 aliphatic carbocycles. The number of rotatable bonds is 8. The van der Waals surface area contributed by atoms with Crippen LogP contribution in [0.5, 0.6) is 0 Å². The minimum atomic E-state index is -0.797. The van der Waals surface area contributed by atoms with E-state index in [1.54, 1.807) is 6.34 Å². The van der Waals surface area contributed by atoms with E-state index in [1.165, 1.54) is 5.56 Å². The standard InChI is InChI=1S/C29H31N5O3/c35-27(36)9-5-4-8-25-28(23-17-30-19-31-18-23)33-24-11-10-22(16-26(24)32-25)29(37)34-14-12-21(13-15-34)20-6-2-1-3-7-20/h1-3,6-7,10-11,16-17,19,21H,4-5,8-9,12-15,18H2,(H,30,31)(H,35,36). The number of nitrogens with zero attached hydrogens (tertiary/aromatic N) is 4. The summed E-state index contributed by atoms with van der Waals surface area (Å²) in [5, 5.41) is 12.0. The Bertz CT molecular complexity index is 1340. The van der Waals surface area contributed by atoms with Crippen molar-refractivity contribution in [1.82, 2.24) is 20.2 Å². The predicted molar refractivity (Wildman–Crippen MR) is 144 cm³/mol. The summed E-state index contributed by atoms with van der Waals surface area (Å²) in [5.41, 5.74) is 5.87. The summed E-state index contributed by atoms with van der Waals surface area (Å²) in [6.45, 7) is 1.97. The van der Waals surface area contributed by atoms with Crippen LogP contribution >= 0.6 is 0 Å². The molecular formula is C29H31N5O3. The fourth-order valence-electron chi connectivity index (χ4n) is 5.07. The van der Waals surface area contributed by atoms with Crippen LogP contribution in [-0.2, 0) is 11.2 Å². The Balaban J connectivity index is 1.35. The van der Waals surface area contributed by atoms with Crippen molar-refractivity contribution in [3.8, 4) is 0 Å². The lowest BCUT2D eigenvalue weighted by atomic mass is 9.89. The van der Waals surface area contributed by atoms with Crippen molar-refractivity contribution in [3.63, 3.8) is 0 Å². The molecule has 3 aromatic rings. The van der Waals surface area contributed by atoms with Crippen molar-refractivity contribution in [2.75, 3.05) is 19.6 Å². The Morgan fingerprint density at radius 3 is 2.54 bits per heavy atom. The zero-order chi connectivity index (χ0) is 25.6. The van der Waals surface area contributed by atoms with E-state index in [2.05, 4.69) is 34.6 Å². The van der Waals surface area contributed by atoms with Crippen molar-refractivity contribution in [2.45, 2.75) is 44.4 Å². The summed E-state index contributed by atoms with van der Waals surface area (Å²) in [7, 11) is 0. The number of carboxylic acids is 1. The zero-order valence-electron chi connectivity index (χ0n) is 20.8. The maximum atomic E-state index is 13.3. The molecule has 0 spiro atoms. The van der Waals surface area contributed by atoms with Gasteiger partial charge in [-0.1, -0.05) is 30.3 Å². The highest BCUT2D eigenvalue weighted by molar-refractivity contribution is 5.97. The van der Waals surface area contributed by atoms with Gasteiger partial charge in [0, 0.05) is 36.8 Å². The fourth-order valence-corrected chi connectivity index (χ4v) is 5.07. The zero-order valence-corrected chi connectivity index (χ0v) is 20.8. The smallest absolute Gasteiger partial charge is 0.303 e. The number of carbonyl (C=O) groups excluding carboxylic acids is 1. The van der Waals surface area contributed by atoms with Crippen LogP contribution < -0.4 is 5.32 Å². The first-order chi connectivity index (χ1) is 18.1. The Morgan fingerprint density at radius 2 is 1.81 bits per heavy atom. The van der Waals surface area contributed by atoms with Gasteiger partial charge in [-0.3, -0.25) is 14.6 Å². The molecule has 0 saturated carbocycles. The van der Waals surface area contributed by atoms with E-state index in [9.17, 15) is 9.59 Å². The monoisotopic (exact) mass is 497 g/mol. The molecule has 0 bridgehead atoms. The molecule has 0 atom stereocenters. The molecule has 1 aromatic heterocycles. The van der Waals surface area contributed by atoms with E-state index >= 15 is 0 Å². The van der Waals surface area contributed by atoms with Gasteiger partial charge in [-0.05, 0) is 61.8 Å². The topological polar surface area (TPSA) is 108 Å². The van der Waals surface area contributed by atoms with Gasteiger partial charge in [0.1, 0.15) is 0 Å². The second-order valence-corrected chi connectivity index (χ2v) is 9.61. The number of hydrogen-bond acceptors (Lipinski definition) is 6. The first-order valence-electron chi connectivity index (χ1n) is 12.9. The molecule has 2 N–H and O–H groups in total. The van der Waals surface area contributed by atoms with Gasteiger partial charge in [0.05, 0.1) is 35.3 Å². The molecule has 3 heterocycles. The Labute approximate surface area is 216 Å². The van der Waals surface area contributed by atoms with Crippen molar-refractivity contribution in [2.24, 2.45) is 4.99 Å². The van der Waals surface area contributed by atoms with Gasteiger partial charge in [0.25, 0.3) is 5.91 Å². The molecule has 0 radical (unpaired) electrons. The summed E-state index contributed by atoms with van der Waals surface area (Å²) >= 11 is 0. The van der Waals surface area contributed by atoms with Crippen LogP contribution in [0.25, 0.3) is 16.6 Å². The highest BCUT2D eigenvalue weighted by Crippen LogP contribution is 2.29. The lowest BCUT2D eigenvalue weighted by Gasteiger charge is -2.32. The van der Waals surface area contributed by atoms with Crippen LogP contribution in [-0.4, -0.2) is 57.8 Å². The number of hydrogen-bond donors (Lipinski definition) is 2. The van der Waals surface area contributed by atoms with Crippen LogP contribution in [0.15, 0.2) is 59.7 Å². The normalized spacial score (nSPS) is 15.9. The number of benzene rings is 2. The van der Waals surface area contributed by atoms with E-state index in [0.717, 1.165) is 48.4 Å². The highest BCUT2D eigenvalue weighted by Gasteiger charge is 2.25. The van der Waals surface area contributed by atoms with Gasteiger partial charge in [-0.15, -0.1) is 0 Å². The van der Waals surface area contributed by atoms with E-state index in [0.29, 0.717) is 42.8 Å². The highest BCUT2D eigenvalue weighted by atomic mass is 16.4. The van der Waals surface area contributed by atoms with Crippen molar-refractivity contribution in [1.29, 1.82) is 0 Å². The number of piperidine rings is 1. The Kier molecular flexibility index (Phi) is 7.54. The van der Waals surface area contributed by atoms with Crippen molar-refractivity contribution >= 4 is 34.8 Å². The average Bonchev–Trinajstić information content (AvgIpc) is 2.95. The van der Waals surface area contributed by atoms with Crippen molar-refractivity contribution < 1.29 is 14.7 Å². The second-order valence-electron chi connectivity index (χ2n) is 9.61. The molecule has 2 aromatic carbocycles. The summed E-state index contributed by atoms with van der Waals surface area (Å²) in [6, 6.07) is 16.1. The maximum Gasteiger partial charge on any atom is 0.303 e. The minimum absolute atomic E-state index is 0.0239. The average molecular weight is 498 g/mol. The number of aryl methyl sites for hydroxylation is 1. The van der Waals surface area contributed by atoms with Crippen LogP contribution in [0, 0.1) is 0 Å². The number of nitrogens with one attached hydrogen (secondary N) is 1. The Hall–Kier alpha value is -4.07. The van der Waals surface area contributed by atoms with Gasteiger partial charge >= 0.3 is 5.97 Å². The summed E-state index contributed by atoms with van der Waals surface area (Å²) < 4.78 is 0. The molecule has 1 fully saturated rings. The van der Waals surface area contributed by atoms with Gasteiger partial charge in [-0.2, -0.15) is 0 Å². The van der Waals surface area contributed by atoms with Gasteiger partial charge < -0.3 is 15.3 Å². The number of likely N-dealkylation sites (tertiary alicyclic amines) is 1. The number of fused-ring (bicyclic) bond motifs is 1. The number of carbonyl (C=O) groups is 2. The summed E-state index contributed by atoms with van der Waals surface area (Å²) in [6.07, 6.45) is 7.44. The largest absolute Gasteiger partial charge is 0.481 e. The van der Waals surface area contributed by atoms with Gasteiger partial charge in [0.2, 0.25) is 0 Å². The number of amides is 1. The third-order valence-electron chi connectivity index (χ3n) is 7.08. The molecular weight excluding hydrogens is 466 g/mol. The van der Waals surface area contributed by atoms with E-state index < -0.39 is 5.97 Å². The lowest BCUT2D eigenvalue weighted by Crippen LogP contribution is -2.37. The third-order valence-corrected chi connectivity index (χ3v) is 7.08. The predicted octanol–water partition coefficient (Wildman–Crippen LogP) is 4.42. The molecule has 1 amide bonds. The summed E-state index contributed by atoms with van der Waals surface area (Å²) in [4.78, 5) is 40.3. The van der Waals surface area contributed by atoms with E-state index in [-0.39, 0.29) is 12.3 Å². The number of carboxylic acid groups (broad SMARTS) is 1. The van der Waals surface area contributed by atoms with E-state index in [1.807, 2.05) is 35.4 Å². The number of unbranched alkanes of at least 4 members (excludes halogenated alkanes) is 1. The number of aromatic nitrogens is 2. The van der Waals surface area contributed by atoms with Crippen LogP contribution in [0.2, 0.25) is 0 Å². The van der Waals surface area contributed by atoms with E-state index in [4.69, 9.17) is 15.1 Å². The lowest BCUT2D eigenvalue weighted by molar-refractivity contribution is -0.137. The molecule has 2 aliphatic heterocycles. The minimum Gasteiger partial charge on any atom is -0.481 e. The number of aliphatic imine (C=N–C) groups is 1. The summed E-state index contributed by atoms with van der Waals surface area (Å²) in [5.74, 6) is -0.284. The fraction of sp³-hybridized carbons (Fsp3) is 0.345. The molecule has 190 valence electrons. The maximum absolute atomic E-state index is 13.3. The van der Waals surface area contributed by atoms with Crippen LogP contribution in [0.1, 0.15) is 65.3 Å². The molecule has 5 rings (SSSR count).